The van der Waals surface area contributed by atoms with E-state index < -0.39 is 0 Å². The molecule has 0 spiro atoms. The van der Waals surface area contributed by atoms with Crippen molar-refractivity contribution in [1.29, 1.82) is 0 Å². The number of hydrogen-bond acceptors (Lipinski definition) is 3. The first kappa shape index (κ1) is 11.0. The van der Waals surface area contributed by atoms with Crippen molar-refractivity contribution in [3.8, 4) is 5.69 Å². The molecule has 0 aliphatic rings. The van der Waals surface area contributed by atoms with Crippen LogP contribution in [0.25, 0.3) is 5.69 Å². The minimum Gasteiger partial charge on any atom is -0.380 e. The summed E-state index contributed by atoms with van der Waals surface area (Å²) in [7, 11) is 0. The van der Waals surface area contributed by atoms with Crippen molar-refractivity contribution >= 4 is 17.0 Å². The Labute approximate surface area is 110 Å². The summed E-state index contributed by atoms with van der Waals surface area (Å²) < 4.78 is 1.85. The number of rotatable bonds is 4. The molecule has 3 aromatic rings. The van der Waals surface area contributed by atoms with Crippen molar-refractivity contribution in [2.24, 2.45) is 0 Å². The van der Waals surface area contributed by atoms with Gasteiger partial charge in [-0.2, -0.15) is 5.10 Å². The summed E-state index contributed by atoms with van der Waals surface area (Å²) in [5, 5.41) is 9.70. The van der Waals surface area contributed by atoms with Gasteiger partial charge in [0.05, 0.1) is 5.69 Å². The molecule has 2 heterocycles. The standard InChI is InChI=1S/C14H13N3S/c1-3-14(18-10-1)11-15-12-4-6-13(7-5-12)17-9-2-8-16-17/h1-10,15H,11H2. The van der Waals surface area contributed by atoms with Gasteiger partial charge < -0.3 is 5.32 Å². The van der Waals surface area contributed by atoms with Crippen LogP contribution >= 0.6 is 11.3 Å². The van der Waals surface area contributed by atoms with Gasteiger partial charge in [0.2, 0.25) is 0 Å². The molecule has 3 rings (SSSR count). The summed E-state index contributed by atoms with van der Waals surface area (Å²) in [5.41, 5.74) is 2.20. The Bertz CT molecular complexity index is 583. The van der Waals surface area contributed by atoms with Crippen LogP contribution in [0.3, 0.4) is 0 Å². The smallest absolute Gasteiger partial charge is 0.0647 e. The zero-order valence-electron chi connectivity index (χ0n) is 9.78. The van der Waals surface area contributed by atoms with E-state index in [2.05, 4.69) is 52.2 Å². The van der Waals surface area contributed by atoms with E-state index in [0.29, 0.717) is 0 Å². The summed E-state index contributed by atoms with van der Waals surface area (Å²) in [4.78, 5) is 1.34. The number of nitrogens with zero attached hydrogens (tertiary/aromatic N) is 2. The van der Waals surface area contributed by atoms with E-state index >= 15 is 0 Å². The van der Waals surface area contributed by atoms with Gasteiger partial charge in [-0.3, -0.25) is 0 Å². The second-order valence-corrected chi connectivity index (χ2v) is 4.96. The summed E-state index contributed by atoms with van der Waals surface area (Å²) in [6.45, 7) is 0.874. The van der Waals surface area contributed by atoms with Crippen LogP contribution in [-0.4, -0.2) is 9.78 Å². The second-order valence-electron chi connectivity index (χ2n) is 3.93. The van der Waals surface area contributed by atoms with Gasteiger partial charge in [-0.05, 0) is 41.8 Å². The molecule has 0 fully saturated rings. The molecule has 0 saturated carbocycles. The molecule has 0 aliphatic carbocycles. The molecule has 0 bridgehead atoms. The average molecular weight is 255 g/mol. The number of thiophene rings is 1. The predicted molar refractivity (Wildman–Crippen MR) is 75.2 cm³/mol. The Morgan fingerprint density at radius 3 is 2.67 bits per heavy atom. The molecule has 0 radical (unpaired) electrons. The van der Waals surface area contributed by atoms with E-state index in [1.165, 1.54) is 4.88 Å². The predicted octanol–water partition coefficient (Wildman–Crippen LogP) is 3.55. The minimum atomic E-state index is 0.874. The van der Waals surface area contributed by atoms with Gasteiger partial charge in [0.15, 0.2) is 0 Å². The topological polar surface area (TPSA) is 29.9 Å². The number of benzene rings is 1. The molecule has 1 aromatic carbocycles. The maximum Gasteiger partial charge on any atom is 0.0647 e. The van der Waals surface area contributed by atoms with Gasteiger partial charge in [0, 0.05) is 29.5 Å². The van der Waals surface area contributed by atoms with Crippen LogP contribution in [-0.2, 0) is 6.54 Å². The van der Waals surface area contributed by atoms with Crippen molar-refractivity contribution in [3.05, 3.63) is 65.1 Å². The summed E-state index contributed by atoms with van der Waals surface area (Å²) >= 11 is 1.77. The van der Waals surface area contributed by atoms with Gasteiger partial charge in [-0.15, -0.1) is 11.3 Å². The number of nitrogens with one attached hydrogen (secondary N) is 1. The highest BCUT2D eigenvalue weighted by Gasteiger charge is 1.97. The van der Waals surface area contributed by atoms with E-state index in [9.17, 15) is 0 Å². The normalized spacial score (nSPS) is 10.4. The van der Waals surface area contributed by atoms with Crippen molar-refractivity contribution in [2.45, 2.75) is 6.54 Å². The zero-order chi connectivity index (χ0) is 12.2. The minimum absolute atomic E-state index is 0.874. The molecule has 3 nitrogen and oxygen atoms in total. The van der Waals surface area contributed by atoms with E-state index in [0.717, 1.165) is 17.9 Å². The SMILES string of the molecule is c1csc(CNc2ccc(-n3cccn3)cc2)c1. The first-order valence-electron chi connectivity index (χ1n) is 5.78. The van der Waals surface area contributed by atoms with Crippen molar-refractivity contribution in [3.63, 3.8) is 0 Å². The lowest BCUT2D eigenvalue weighted by molar-refractivity contribution is 0.880. The van der Waals surface area contributed by atoms with E-state index in [4.69, 9.17) is 0 Å². The van der Waals surface area contributed by atoms with Crippen LogP contribution in [0.4, 0.5) is 5.69 Å². The summed E-state index contributed by atoms with van der Waals surface area (Å²) in [5.74, 6) is 0. The first-order chi connectivity index (χ1) is 8.92. The van der Waals surface area contributed by atoms with E-state index in [1.54, 1.807) is 17.5 Å². The fraction of sp³-hybridized carbons (Fsp3) is 0.0714. The molecule has 0 atom stereocenters. The highest BCUT2D eigenvalue weighted by molar-refractivity contribution is 7.09. The van der Waals surface area contributed by atoms with Crippen LogP contribution < -0.4 is 5.32 Å². The van der Waals surface area contributed by atoms with Gasteiger partial charge in [0.1, 0.15) is 0 Å². The van der Waals surface area contributed by atoms with Gasteiger partial charge in [-0.25, -0.2) is 4.68 Å². The van der Waals surface area contributed by atoms with Crippen molar-refractivity contribution in [2.75, 3.05) is 5.32 Å². The van der Waals surface area contributed by atoms with Crippen LogP contribution in [0.2, 0.25) is 0 Å². The Kier molecular flexibility index (Phi) is 3.10. The molecular formula is C14H13N3S. The lowest BCUT2D eigenvalue weighted by Gasteiger charge is -2.06. The lowest BCUT2D eigenvalue weighted by atomic mass is 10.3. The lowest BCUT2D eigenvalue weighted by Crippen LogP contribution is -1.98. The Hall–Kier alpha value is -2.07. The number of hydrogen-bond donors (Lipinski definition) is 1. The highest BCUT2D eigenvalue weighted by Crippen LogP contribution is 2.15. The van der Waals surface area contributed by atoms with E-state index in [-0.39, 0.29) is 0 Å². The summed E-state index contributed by atoms with van der Waals surface area (Å²) in [6.07, 6.45) is 3.72. The van der Waals surface area contributed by atoms with Crippen LogP contribution in [0.5, 0.6) is 0 Å². The molecule has 0 amide bonds. The molecule has 0 unspecified atom stereocenters. The molecule has 4 heteroatoms. The molecule has 18 heavy (non-hydrogen) atoms. The first-order valence-corrected chi connectivity index (χ1v) is 6.66. The maximum atomic E-state index is 4.20. The van der Waals surface area contributed by atoms with Crippen molar-refractivity contribution < 1.29 is 0 Å². The fourth-order valence-corrected chi connectivity index (χ4v) is 2.40. The monoisotopic (exact) mass is 255 g/mol. The van der Waals surface area contributed by atoms with Crippen LogP contribution in [0.1, 0.15) is 4.88 Å². The summed E-state index contributed by atoms with van der Waals surface area (Å²) in [6, 6.07) is 14.4. The molecule has 2 aromatic heterocycles. The van der Waals surface area contributed by atoms with Gasteiger partial charge >= 0.3 is 0 Å². The molecule has 90 valence electrons. The quantitative estimate of drug-likeness (QED) is 0.772. The van der Waals surface area contributed by atoms with Gasteiger partial charge in [-0.1, -0.05) is 6.07 Å². The largest absolute Gasteiger partial charge is 0.380 e. The molecule has 0 saturated heterocycles. The third-order valence-electron chi connectivity index (χ3n) is 2.68. The Balaban J connectivity index is 1.68. The van der Waals surface area contributed by atoms with Gasteiger partial charge in [0.25, 0.3) is 0 Å². The maximum absolute atomic E-state index is 4.20. The molecule has 0 aliphatic heterocycles. The fourth-order valence-electron chi connectivity index (χ4n) is 1.76. The Morgan fingerprint density at radius 1 is 1.11 bits per heavy atom. The number of anilines is 1. The van der Waals surface area contributed by atoms with Crippen LogP contribution in [0.15, 0.2) is 60.2 Å². The number of aromatic nitrogens is 2. The van der Waals surface area contributed by atoms with E-state index in [1.807, 2.05) is 16.9 Å². The highest BCUT2D eigenvalue weighted by atomic mass is 32.1. The molecule has 1 N–H and O–H groups in total. The molecular weight excluding hydrogens is 242 g/mol. The van der Waals surface area contributed by atoms with Crippen LogP contribution in [0, 0.1) is 0 Å². The third kappa shape index (κ3) is 2.43. The second kappa shape index (κ2) is 5.06. The Morgan fingerprint density at radius 2 is 2.00 bits per heavy atom. The van der Waals surface area contributed by atoms with Crippen molar-refractivity contribution in [1.82, 2.24) is 9.78 Å². The average Bonchev–Trinajstić information content (AvgIpc) is 3.10. The third-order valence-corrected chi connectivity index (χ3v) is 3.56. The zero-order valence-corrected chi connectivity index (χ0v) is 10.6.